The zero-order valence-corrected chi connectivity index (χ0v) is 9.84. The Bertz CT molecular complexity index is 653. The van der Waals surface area contributed by atoms with Gasteiger partial charge in [-0.05, 0) is 37.1 Å². The molecule has 0 aliphatic heterocycles. The molecule has 2 aromatic heterocycles. The number of aryl methyl sites for hydroxylation is 2. The van der Waals surface area contributed by atoms with E-state index in [4.69, 9.17) is 4.52 Å². The van der Waals surface area contributed by atoms with Gasteiger partial charge in [-0.3, -0.25) is 0 Å². The Morgan fingerprint density at radius 1 is 1.24 bits per heavy atom. The Morgan fingerprint density at radius 3 is 2.82 bits per heavy atom. The number of benzene rings is 1. The van der Waals surface area contributed by atoms with Gasteiger partial charge in [0.1, 0.15) is 5.69 Å². The summed E-state index contributed by atoms with van der Waals surface area (Å²) in [4.78, 5) is 4.02. The fourth-order valence-electron chi connectivity index (χ4n) is 1.91. The van der Waals surface area contributed by atoms with E-state index in [0.717, 1.165) is 16.7 Å². The van der Waals surface area contributed by atoms with Crippen molar-refractivity contribution in [2.24, 2.45) is 0 Å². The molecule has 0 saturated heterocycles. The van der Waals surface area contributed by atoms with Gasteiger partial charge < -0.3 is 9.09 Å². The number of fused-ring (bicyclic) bond motifs is 1. The molecule has 0 bridgehead atoms. The van der Waals surface area contributed by atoms with Crippen LogP contribution in [0.15, 0.2) is 35.4 Å². The summed E-state index contributed by atoms with van der Waals surface area (Å²) in [6, 6.07) is 4.17. The Hall–Kier alpha value is -2.10. The van der Waals surface area contributed by atoms with Crippen molar-refractivity contribution in [2.75, 3.05) is 0 Å². The molecule has 2 heterocycles. The maximum Gasteiger partial charge on any atom is 0.167 e. The molecular weight excluding hydrogens is 214 g/mol. The summed E-state index contributed by atoms with van der Waals surface area (Å²) in [5, 5.41) is 5.21. The maximum atomic E-state index is 5.35. The smallest absolute Gasteiger partial charge is 0.167 e. The molecule has 0 fully saturated rings. The van der Waals surface area contributed by atoms with Crippen LogP contribution in [0.25, 0.3) is 11.0 Å². The highest BCUT2D eigenvalue weighted by molar-refractivity contribution is 5.81. The monoisotopic (exact) mass is 227 g/mol. The molecule has 0 aliphatic carbocycles. The van der Waals surface area contributed by atoms with Crippen LogP contribution in [0, 0.1) is 13.8 Å². The molecule has 0 N–H and O–H groups in total. The van der Waals surface area contributed by atoms with Gasteiger partial charge >= 0.3 is 0 Å². The molecule has 0 atom stereocenters. The summed E-state index contributed by atoms with van der Waals surface area (Å²) < 4.78 is 7.33. The Balaban J connectivity index is 2.08. The normalized spacial score (nSPS) is 11.2. The fraction of sp³-hybridized carbons (Fsp3) is 0.231. The van der Waals surface area contributed by atoms with E-state index >= 15 is 0 Å². The highest BCUT2D eigenvalue weighted by atomic mass is 16.5. The van der Waals surface area contributed by atoms with Crippen molar-refractivity contribution in [1.29, 1.82) is 0 Å². The first-order valence-corrected chi connectivity index (χ1v) is 5.55. The van der Waals surface area contributed by atoms with E-state index in [1.807, 2.05) is 16.8 Å². The third-order valence-corrected chi connectivity index (χ3v) is 3.05. The van der Waals surface area contributed by atoms with E-state index in [1.54, 1.807) is 12.5 Å². The van der Waals surface area contributed by atoms with Gasteiger partial charge in [-0.15, -0.1) is 0 Å². The van der Waals surface area contributed by atoms with Crippen molar-refractivity contribution in [3.63, 3.8) is 0 Å². The Morgan fingerprint density at radius 2 is 2.06 bits per heavy atom. The van der Waals surface area contributed by atoms with Crippen molar-refractivity contribution in [2.45, 2.75) is 20.4 Å². The second-order valence-electron chi connectivity index (χ2n) is 4.30. The van der Waals surface area contributed by atoms with E-state index in [9.17, 15) is 0 Å². The summed E-state index contributed by atoms with van der Waals surface area (Å²) in [5.41, 5.74) is 4.28. The maximum absolute atomic E-state index is 5.35. The van der Waals surface area contributed by atoms with E-state index in [2.05, 4.69) is 30.1 Å². The first kappa shape index (κ1) is 10.1. The van der Waals surface area contributed by atoms with Crippen LogP contribution in [0.5, 0.6) is 0 Å². The summed E-state index contributed by atoms with van der Waals surface area (Å²) >= 11 is 0. The summed E-state index contributed by atoms with van der Waals surface area (Å²) in [6.45, 7) is 4.87. The van der Waals surface area contributed by atoms with Gasteiger partial charge in [-0.2, -0.15) is 0 Å². The van der Waals surface area contributed by atoms with Gasteiger partial charge in [-0.1, -0.05) is 5.16 Å². The number of imidazole rings is 1. The van der Waals surface area contributed by atoms with Crippen molar-refractivity contribution in [3.05, 3.63) is 47.7 Å². The molecule has 3 aromatic rings. The zero-order valence-electron chi connectivity index (χ0n) is 9.84. The minimum absolute atomic E-state index is 0.690. The molecule has 1 aromatic carbocycles. The molecule has 0 saturated carbocycles. The third kappa shape index (κ3) is 1.71. The lowest BCUT2D eigenvalue weighted by molar-refractivity contribution is 0.443. The van der Waals surface area contributed by atoms with Crippen molar-refractivity contribution < 1.29 is 4.52 Å². The lowest BCUT2D eigenvalue weighted by Gasteiger charge is -2.00. The van der Waals surface area contributed by atoms with Crippen LogP contribution in [0.4, 0.5) is 0 Å². The lowest BCUT2D eigenvalue weighted by Crippen LogP contribution is -1.97. The highest BCUT2D eigenvalue weighted by Gasteiger charge is 2.09. The molecule has 3 rings (SSSR count). The molecule has 4 heteroatoms. The van der Waals surface area contributed by atoms with Crippen molar-refractivity contribution in [3.8, 4) is 0 Å². The molecule has 4 nitrogen and oxygen atoms in total. The van der Waals surface area contributed by atoms with Crippen molar-refractivity contribution in [1.82, 2.24) is 14.7 Å². The van der Waals surface area contributed by atoms with Crippen LogP contribution in [0.2, 0.25) is 0 Å². The molecular formula is C13H13N3O. The minimum Gasteiger partial charge on any atom is -0.356 e. The third-order valence-electron chi connectivity index (χ3n) is 3.05. The second kappa shape index (κ2) is 3.73. The summed E-state index contributed by atoms with van der Waals surface area (Å²) in [5.74, 6) is 0. The Kier molecular flexibility index (Phi) is 2.21. The first-order valence-electron chi connectivity index (χ1n) is 5.55. The standard InChI is InChI=1S/C13H13N3O/c1-9-5-11-12(7-16-4-3-14-8-16)15-17-13(11)6-10(9)2/h3-6,8H,7H2,1-2H3. The average Bonchev–Trinajstić information content (AvgIpc) is 2.92. The van der Waals surface area contributed by atoms with Crippen LogP contribution in [-0.2, 0) is 6.54 Å². The zero-order chi connectivity index (χ0) is 11.8. The van der Waals surface area contributed by atoms with Gasteiger partial charge in [0.25, 0.3) is 0 Å². The topological polar surface area (TPSA) is 43.9 Å². The number of hydrogen-bond donors (Lipinski definition) is 0. The summed E-state index contributed by atoms with van der Waals surface area (Å²) in [6.07, 6.45) is 5.46. The van der Waals surface area contributed by atoms with Crippen LogP contribution in [0.3, 0.4) is 0 Å². The highest BCUT2D eigenvalue weighted by Crippen LogP contribution is 2.23. The molecule has 0 aliphatic rings. The number of hydrogen-bond acceptors (Lipinski definition) is 3. The number of rotatable bonds is 2. The fourth-order valence-corrected chi connectivity index (χ4v) is 1.91. The van der Waals surface area contributed by atoms with Gasteiger partial charge in [0.2, 0.25) is 0 Å². The molecule has 0 radical (unpaired) electrons. The largest absolute Gasteiger partial charge is 0.356 e. The molecule has 0 unspecified atom stereocenters. The molecule has 17 heavy (non-hydrogen) atoms. The predicted molar refractivity (Wildman–Crippen MR) is 64.8 cm³/mol. The van der Waals surface area contributed by atoms with Gasteiger partial charge in [0, 0.05) is 17.8 Å². The molecule has 0 amide bonds. The summed E-state index contributed by atoms with van der Waals surface area (Å²) in [7, 11) is 0. The van der Waals surface area contributed by atoms with Crippen LogP contribution in [0.1, 0.15) is 16.8 Å². The van der Waals surface area contributed by atoms with E-state index in [-0.39, 0.29) is 0 Å². The number of nitrogens with zero attached hydrogens (tertiary/aromatic N) is 3. The van der Waals surface area contributed by atoms with Gasteiger partial charge in [-0.25, -0.2) is 4.98 Å². The van der Waals surface area contributed by atoms with E-state index < -0.39 is 0 Å². The van der Waals surface area contributed by atoms with Crippen molar-refractivity contribution >= 4 is 11.0 Å². The predicted octanol–water partition coefficient (Wildman–Crippen LogP) is 2.69. The Labute approximate surface area is 98.9 Å². The van der Waals surface area contributed by atoms with Crippen LogP contribution < -0.4 is 0 Å². The van der Waals surface area contributed by atoms with Crippen LogP contribution in [-0.4, -0.2) is 14.7 Å². The van der Waals surface area contributed by atoms with E-state index in [0.29, 0.717) is 6.54 Å². The quantitative estimate of drug-likeness (QED) is 0.676. The minimum atomic E-state index is 0.690. The molecule has 86 valence electrons. The average molecular weight is 227 g/mol. The second-order valence-corrected chi connectivity index (χ2v) is 4.30. The van der Waals surface area contributed by atoms with Crippen LogP contribution >= 0.6 is 0 Å². The number of aromatic nitrogens is 3. The first-order chi connectivity index (χ1) is 8.24. The van der Waals surface area contributed by atoms with Gasteiger partial charge in [0.05, 0.1) is 12.9 Å². The molecule has 0 spiro atoms. The van der Waals surface area contributed by atoms with Gasteiger partial charge in [0.15, 0.2) is 5.58 Å². The SMILES string of the molecule is Cc1cc2onc(Cn3ccnc3)c2cc1C. The van der Waals surface area contributed by atoms with E-state index in [1.165, 1.54) is 11.1 Å². The lowest BCUT2D eigenvalue weighted by atomic mass is 10.1.